The van der Waals surface area contributed by atoms with Crippen molar-refractivity contribution in [1.82, 2.24) is 20.3 Å². The smallest absolute Gasteiger partial charge is 0.268 e. The summed E-state index contributed by atoms with van der Waals surface area (Å²) in [5.74, 6) is 0.135. The summed E-state index contributed by atoms with van der Waals surface area (Å²) in [6.07, 6.45) is 3.76. The lowest BCUT2D eigenvalue weighted by molar-refractivity contribution is 0.139. The van der Waals surface area contributed by atoms with Crippen molar-refractivity contribution in [1.29, 1.82) is 0 Å². The normalized spacial score (nSPS) is 16.6. The first kappa shape index (κ1) is 18.8. The predicted octanol–water partition coefficient (Wildman–Crippen LogP) is 3.97. The average molecular weight is 406 g/mol. The van der Waals surface area contributed by atoms with E-state index in [-0.39, 0.29) is 17.4 Å². The first-order valence-electron chi connectivity index (χ1n) is 8.88. The molecule has 28 heavy (non-hydrogen) atoms. The van der Waals surface area contributed by atoms with Crippen LogP contribution in [0.5, 0.6) is 5.75 Å². The number of rotatable bonds is 6. The van der Waals surface area contributed by atoms with Crippen LogP contribution in [0.25, 0.3) is 11.0 Å². The molecular formula is C19H18ClF2N5O. The quantitative estimate of drug-likeness (QED) is 0.646. The van der Waals surface area contributed by atoms with Gasteiger partial charge in [0.1, 0.15) is 6.10 Å². The molecular weight excluding hydrogens is 388 g/mol. The molecule has 0 bridgehead atoms. The van der Waals surface area contributed by atoms with Crippen LogP contribution in [0.2, 0.25) is 5.02 Å². The van der Waals surface area contributed by atoms with Crippen LogP contribution in [0.4, 0.5) is 14.5 Å². The van der Waals surface area contributed by atoms with E-state index in [0.29, 0.717) is 34.8 Å². The summed E-state index contributed by atoms with van der Waals surface area (Å²) in [5.41, 5.74) is 2.34. The van der Waals surface area contributed by atoms with Gasteiger partial charge in [0.05, 0.1) is 28.5 Å². The molecule has 1 fully saturated rings. The van der Waals surface area contributed by atoms with Crippen LogP contribution in [0, 0.1) is 0 Å². The number of hydrogen-bond donors (Lipinski definition) is 2. The van der Waals surface area contributed by atoms with E-state index >= 15 is 0 Å². The summed E-state index contributed by atoms with van der Waals surface area (Å²) >= 11 is 6.35. The molecule has 1 aliphatic heterocycles. The number of hydrogen-bond acceptors (Lipinski definition) is 6. The van der Waals surface area contributed by atoms with Crippen LogP contribution >= 0.6 is 11.6 Å². The number of fused-ring (bicyclic) bond motifs is 1. The topological polar surface area (TPSA) is 72.0 Å². The lowest BCUT2D eigenvalue weighted by atomic mass is 10.1. The number of halogens is 3. The van der Waals surface area contributed by atoms with Crippen LogP contribution < -0.4 is 15.4 Å². The van der Waals surface area contributed by atoms with Crippen molar-refractivity contribution in [3.8, 4) is 5.75 Å². The van der Waals surface area contributed by atoms with E-state index in [0.717, 1.165) is 24.7 Å². The van der Waals surface area contributed by atoms with Gasteiger partial charge in [-0.1, -0.05) is 11.6 Å². The Morgan fingerprint density at radius 1 is 1.21 bits per heavy atom. The van der Waals surface area contributed by atoms with Gasteiger partial charge in [-0.2, -0.15) is 0 Å². The molecule has 1 saturated heterocycles. The number of nitrogens with one attached hydrogen (secondary N) is 2. The first-order chi connectivity index (χ1) is 13.6. The third kappa shape index (κ3) is 3.98. The summed E-state index contributed by atoms with van der Waals surface area (Å²) in [6.45, 7) is 1.73. The molecule has 1 aliphatic rings. The average Bonchev–Trinajstić information content (AvgIpc) is 3.20. The SMILES string of the molecule is FC(F)c1cncc(NCc2cc3nccnc3cc2Cl)c1O[C@@H]1CCNC1. The lowest BCUT2D eigenvalue weighted by Gasteiger charge is -2.20. The van der Waals surface area contributed by atoms with Gasteiger partial charge in [-0.3, -0.25) is 15.0 Å². The number of pyridine rings is 1. The summed E-state index contributed by atoms with van der Waals surface area (Å²) in [5, 5.41) is 6.81. The minimum atomic E-state index is -2.68. The fourth-order valence-electron chi connectivity index (χ4n) is 3.13. The van der Waals surface area contributed by atoms with Crippen molar-refractivity contribution in [3.63, 3.8) is 0 Å². The van der Waals surface area contributed by atoms with E-state index in [2.05, 4.69) is 25.6 Å². The van der Waals surface area contributed by atoms with Gasteiger partial charge >= 0.3 is 0 Å². The number of alkyl halides is 2. The van der Waals surface area contributed by atoms with Gasteiger partial charge in [0.15, 0.2) is 5.75 Å². The molecule has 1 aromatic carbocycles. The van der Waals surface area contributed by atoms with Crippen molar-refractivity contribution < 1.29 is 13.5 Å². The maximum atomic E-state index is 13.5. The Labute approximate surface area is 165 Å². The molecule has 4 rings (SSSR count). The number of benzene rings is 1. The molecule has 0 amide bonds. The molecule has 3 aromatic rings. The Balaban J connectivity index is 1.60. The van der Waals surface area contributed by atoms with Gasteiger partial charge < -0.3 is 15.4 Å². The molecule has 0 unspecified atom stereocenters. The second-order valence-electron chi connectivity index (χ2n) is 6.48. The highest BCUT2D eigenvalue weighted by Crippen LogP contribution is 2.36. The van der Waals surface area contributed by atoms with Crippen molar-refractivity contribution in [3.05, 3.63) is 53.1 Å². The summed E-state index contributed by atoms with van der Waals surface area (Å²) in [7, 11) is 0. The molecule has 6 nitrogen and oxygen atoms in total. The molecule has 0 saturated carbocycles. The van der Waals surface area contributed by atoms with Crippen molar-refractivity contribution >= 4 is 28.3 Å². The van der Waals surface area contributed by atoms with Gasteiger partial charge in [-0.15, -0.1) is 0 Å². The number of anilines is 1. The largest absolute Gasteiger partial charge is 0.486 e. The molecule has 0 spiro atoms. The molecule has 2 aromatic heterocycles. The van der Waals surface area contributed by atoms with E-state index in [1.807, 2.05) is 6.07 Å². The van der Waals surface area contributed by atoms with Gasteiger partial charge in [0.2, 0.25) is 0 Å². The van der Waals surface area contributed by atoms with Crippen LogP contribution in [0.15, 0.2) is 36.9 Å². The lowest BCUT2D eigenvalue weighted by Crippen LogP contribution is -2.21. The second kappa shape index (κ2) is 8.20. The van der Waals surface area contributed by atoms with E-state index < -0.39 is 6.43 Å². The van der Waals surface area contributed by atoms with E-state index in [4.69, 9.17) is 16.3 Å². The zero-order valence-corrected chi connectivity index (χ0v) is 15.6. The predicted molar refractivity (Wildman–Crippen MR) is 103 cm³/mol. The number of aromatic nitrogens is 3. The fraction of sp³-hybridized carbons (Fsp3) is 0.316. The van der Waals surface area contributed by atoms with Crippen LogP contribution in [0.1, 0.15) is 24.0 Å². The standard InChI is InChI=1S/C19H18ClF2N5O/c20-14-6-16-15(25-3-4-26-16)5-11(14)7-27-17-10-24-9-13(19(21)22)18(17)28-12-1-2-23-8-12/h3-6,9-10,12,19,23,27H,1-2,7-8H2/t12-/m1/s1. The highest BCUT2D eigenvalue weighted by atomic mass is 35.5. The second-order valence-corrected chi connectivity index (χ2v) is 6.89. The molecule has 9 heteroatoms. The molecule has 0 radical (unpaired) electrons. The van der Waals surface area contributed by atoms with E-state index in [1.165, 1.54) is 6.20 Å². The Bertz CT molecular complexity index is 982. The van der Waals surface area contributed by atoms with Crippen molar-refractivity contribution in [2.24, 2.45) is 0 Å². The van der Waals surface area contributed by atoms with Gasteiger partial charge in [0, 0.05) is 36.7 Å². The van der Waals surface area contributed by atoms with E-state index in [1.54, 1.807) is 18.5 Å². The first-order valence-corrected chi connectivity index (χ1v) is 9.26. The minimum Gasteiger partial charge on any atom is -0.486 e. The molecule has 1 atom stereocenters. The zero-order chi connectivity index (χ0) is 19.5. The summed E-state index contributed by atoms with van der Waals surface area (Å²) < 4.78 is 32.9. The highest BCUT2D eigenvalue weighted by Gasteiger charge is 2.24. The van der Waals surface area contributed by atoms with Gasteiger partial charge in [-0.05, 0) is 30.7 Å². The van der Waals surface area contributed by atoms with Gasteiger partial charge in [-0.25, -0.2) is 8.78 Å². The Kier molecular flexibility index (Phi) is 5.50. The molecule has 3 heterocycles. The highest BCUT2D eigenvalue weighted by molar-refractivity contribution is 6.32. The number of nitrogens with zero attached hydrogens (tertiary/aromatic N) is 3. The van der Waals surface area contributed by atoms with Crippen LogP contribution in [-0.4, -0.2) is 34.1 Å². The van der Waals surface area contributed by atoms with Crippen LogP contribution in [0.3, 0.4) is 0 Å². The Hall–Kier alpha value is -2.58. The maximum absolute atomic E-state index is 13.5. The molecule has 2 N–H and O–H groups in total. The summed E-state index contributed by atoms with van der Waals surface area (Å²) in [4.78, 5) is 12.4. The maximum Gasteiger partial charge on any atom is 0.268 e. The number of ether oxygens (including phenoxy) is 1. The molecule has 146 valence electrons. The zero-order valence-electron chi connectivity index (χ0n) is 14.8. The van der Waals surface area contributed by atoms with Crippen molar-refractivity contribution in [2.75, 3.05) is 18.4 Å². The van der Waals surface area contributed by atoms with Crippen molar-refractivity contribution in [2.45, 2.75) is 25.5 Å². The monoisotopic (exact) mass is 405 g/mol. The molecule has 0 aliphatic carbocycles. The third-order valence-electron chi connectivity index (χ3n) is 4.57. The third-order valence-corrected chi connectivity index (χ3v) is 4.92. The van der Waals surface area contributed by atoms with Gasteiger partial charge in [0.25, 0.3) is 6.43 Å². The summed E-state index contributed by atoms with van der Waals surface area (Å²) in [6, 6.07) is 3.56. The fourth-order valence-corrected chi connectivity index (χ4v) is 3.35. The Morgan fingerprint density at radius 2 is 2.00 bits per heavy atom. The Morgan fingerprint density at radius 3 is 2.71 bits per heavy atom. The van der Waals surface area contributed by atoms with E-state index in [9.17, 15) is 8.78 Å². The van der Waals surface area contributed by atoms with Crippen LogP contribution in [-0.2, 0) is 6.54 Å². The minimum absolute atomic E-state index is 0.135.